The molecule has 0 unspecified atom stereocenters. The first-order valence-corrected chi connectivity index (χ1v) is 7.41. The topological polar surface area (TPSA) is 15.6 Å². The highest BCUT2D eigenvalue weighted by Gasteiger charge is 2.18. The molecule has 3 rings (SSSR count). The van der Waals surface area contributed by atoms with E-state index in [2.05, 4.69) is 74.7 Å². The van der Waals surface area contributed by atoms with Gasteiger partial charge in [-0.3, -0.25) is 0 Å². The minimum Gasteiger partial charge on any atom is -0.342 e. The van der Waals surface area contributed by atoms with E-state index in [0.29, 0.717) is 0 Å². The third-order valence-corrected chi connectivity index (χ3v) is 4.32. The van der Waals surface area contributed by atoms with Crippen molar-refractivity contribution in [3.8, 4) is 0 Å². The summed E-state index contributed by atoms with van der Waals surface area (Å²) in [5, 5.41) is 0. The van der Waals surface area contributed by atoms with Gasteiger partial charge in [0, 0.05) is 17.1 Å². The van der Waals surface area contributed by atoms with E-state index in [1.54, 1.807) is 0 Å². The molecule has 0 atom stereocenters. The van der Waals surface area contributed by atoms with Gasteiger partial charge in [0.1, 0.15) is 3.72 Å². The zero-order valence-corrected chi connectivity index (χ0v) is 13.4. The van der Waals surface area contributed by atoms with Gasteiger partial charge < -0.3 is 4.90 Å². The van der Waals surface area contributed by atoms with Gasteiger partial charge in [-0.1, -0.05) is 34.1 Å². The van der Waals surface area contributed by atoms with Crippen molar-refractivity contribution in [1.82, 2.24) is 0 Å². The van der Waals surface area contributed by atoms with Crippen LogP contribution in [0, 0.1) is 0 Å². The Morgan fingerprint density at radius 2 is 1.89 bits per heavy atom. The van der Waals surface area contributed by atoms with Crippen molar-refractivity contribution >= 4 is 59.3 Å². The molecule has 1 aliphatic heterocycles. The molecule has 0 radical (unpaired) electrons. The fraction of sp³-hybridized carbons (Fsp3) is 0.0714. The molecule has 2 aromatic carbocycles. The Morgan fingerprint density at radius 3 is 2.72 bits per heavy atom. The molecule has 0 N–H and O–H groups in total. The van der Waals surface area contributed by atoms with Gasteiger partial charge in [-0.15, -0.1) is 0 Å². The highest BCUT2D eigenvalue weighted by Crippen LogP contribution is 2.40. The maximum atomic E-state index is 4.71. The Balaban J connectivity index is 2.31. The predicted molar refractivity (Wildman–Crippen MR) is 88.9 cm³/mol. The number of benzene rings is 2. The fourth-order valence-electron chi connectivity index (χ4n) is 2.10. The number of hydrogen-bond acceptors (Lipinski definition) is 2. The Morgan fingerprint density at radius 1 is 1.11 bits per heavy atom. The van der Waals surface area contributed by atoms with E-state index in [9.17, 15) is 0 Å². The first-order chi connectivity index (χ1) is 8.66. The Hall–Kier alpha value is -0.880. The summed E-state index contributed by atoms with van der Waals surface area (Å²) in [4.78, 5) is 6.90. The molecule has 2 nitrogen and oxygen atoms in total. The Kier molecular flexibility index (Phi) is 3.15. The minimum absolute atomic E-state index is 1.00. The largest absolute Gasteiger partial charge is 0.342 e. The molecule has 2 aromatic rings. The lowest BCUT2D eigenvalue weighted by molar-refractivity contribution is 1.21. The van der Waals surface area contributed by atoms with Crippen LogP contribution in [-0.4, -0.2) is 10.8 Å². The summed E-state index contributed by atoms with van der Waals surface area (Å²) < 4.78 is 2.09. The normalized spacial score (nSPS) is 13.5. The third kappa shape index (κ3) is 1.97. The molecule has 1 aliphatic rings. The number of anilines is 2. The van der Waals surface area contributed by atoms with Gasteiger partial charge >= 0.3 is 0 Å². The maximum absolute atomic E-state index is 4.71. The number of nitrogens with zero attached hydrogens (tertiary/aromatic N) is 2. The number of aliphatic imine (C=N–C) groups is 1. The van der Waals surface area contributed by atoms with Crippen molar-refractivity contribution < 1.29 is 0 Å². The maximum Gasteiger partial charge on any atom is 0.111 e. The summed E-state index contributed by atoms with van der Waals surface area (Å²) in [5.41, 5.74) is 4.47. The zero-order chi connectivity index (χ0) is 12.7. The molecular formula is C14H10BrIN2. The molecule has 18 heavy (non-hydrogen) atoms. The van der Waals surface area contributed by atoms with Crippen LogP contribution in [-0.2, 0) is 0 Å². The number of rotatable bonds is 0. The number of fused-ring (bicyclic) bond motifs is 2. The van der Waals surface area contributed by atoms with Crippen LogP contribution < -0.4 is 4.90 Å². The summed E-state index contributed by atoms with van der Waals surface area (Å²) in [6, 6.07) is 14.5. The van der Waals surface area contributed by atoms with Crippen molar-refractivity contribution in [2.45, 2.75) is 0 Å². The van der Waals surface area contributed by atoms with E-state index in [4.69, 9.17) is 4.99 Å². The van der Waals surface area contributed by atoms with Gasteiger partial charge in [0.25, 0.3) is 0 Å². The van der Waals surface area contributed by atoms with E-state index < -0.39 is 0 Å². The first-order valence-electron chi connectivity index (χ1n) is 5.53. The molecule has 4 heteroatoms. The van der Waals surface area contributed by atoms with Crippen LogP contribution in [0.4, 0.5) is 17.1 Å². The van der Waals surface area contributed by atoms with Crippen molar-refractivity contribution in [2.75, 3.05) is 11.9 Å². The van der Waals surface area contributed by atoms with Gasteiger partial charge in [0.05, 0.1) is 17.1 Å². The molecular weight excluding hydrogens is 403 g/mol. The molecule has 0 saturated carbocycles. The van der Waals surface area contributed by atoms with Crippen LogP contribution in [0.5, 0.6) is 0 Å². The predicted octanol–water partition coefficient (Wildman–Crippen LogP) is 5.04. The van der Waals surface area contributed by atoms with E-state index in [-0.39, 0.29) is 0 Å². The number of para-hydroxylation sites is 1. The van der Waals surface area contributed by atoms with Crippen LogP contribution in [0.15, 0.2) is 51.9 Å². The number of hydrogen-bond donors (Lipinski definition) is 0. The van der Waals surface area contributed by atoms with Crippen molar-refractivity contribution in [2.24, 2.45) is 4.99 Å². The SMILES string of the molecule is CN1c2cc(Br)ccc2N=C(I)c2ccccc21. The second-order valence-electron chi connectivity index (χ2n) is 4.11. The van der Waals surface area contributed by atoms with Crippen LogP contribution in [0.2, 0.25) is 0 Å². The van der Waals surface area contributed by atoms with Crippen molar-refractivity contribution in [1.29, 1.82) is 0 Å². The van der Waals surface area contributed by atoms with Gasteiger partial charge in [-0.05, 0) is 46.9 Å². The molecule has 0 aliphatic carbocycles. The molecule has 0 fully saturated rings. The van der Waals surface area contributed by atoms with Crippen molar-refractivity contribution in [3.63, 3.8) is 0 Å². The summed E-state index contributed by atoms with van der Waals surface area (Å²) in [6.07, 6.45) is 0. The van der Waals surface area contributed by atoms with Crippen LogP contribution >= 0.6 is 38.5 Å². The minimum atomic E-state index is 1.00. The lowest BCUT2D eigenvalue weighted by atomic mass is 10.1. The van der Waals surface area contributed by atoms with E-state index in [1.165, 1.54) is 11.3 Å². The van der Waals surface area contributed by atoms with Crippen molar-refractivity contribution in [3.05, 3.63) is 52.5 Å². The molecule has 0 bridgehead atoms. The van der Waals surface area contributed by atoms with Crippen LogP contribution in [0.3, 0.4) is 0 Å². The molecule has 0 amide bonds. The Labute approximate surface area is 128 Å². The van der Waals surface area contributed by atoms with Gasteiger partial charge in [0.15, 0.2) is 0 Å². The lowest BCUT2D eigenvalue weighted by Gasteiger charge is -2.21. The zero-order valence-electron chi connectivity index (χ0n) is 9.69. The summed E-state index contributed by atoms with van der Waals surface area (Å²) in [6.45, 7) is 0. The average molecular weight is 413 g/mol. The van der Waals surface area contributed by atoms with Crippen LogP contribution in [0.1, 0.15) is 5.56 Å². The van der Waals surface area contributed by atoms with Gasteiger partial charge in [-0.25, -0.2) is 4.99 Å². The van der Waals surface area contributed by atoms with Gasteiger partial charge in [-0.2, -0.15) is 0 Å². The molecule has 90 valence electrons. The van der Waals surface area contributed by atoms with Crippen LogP contribution in [0.25, 0.3) is 0 Å². The fourth-order valence-corrected chi connectivity index (χ4v) is 3.16. The standard InChI is InChI=1S/C14H10BrIN2/c1-18-12-5-3-2-4-10(12)14(16)17-11-7-6-9(15)8-13(11)18/h2-8H,1H3. The molecule has 1 heterocycles. The second kappa shape index (κ2) is 4.66. The smallest absolute Gasteiger partial charge is 0.111 e. The average Bonchev–Trinajstić information content (AvgIpc) is 2.48. The second-order valence-corrected chi connectivity index (χ2v) is 6.05. The monoisotopic (exact) mass is 412 g/mol. The van der Waals surface area contributed by atoms with E-state index >= 15 is 0 Å². The third-order valence-electron chi connectivity index (χ3n) is 3.01. The summed E-state index contributed by atoms with van der Waals surface area (Å²) >= 11 is 5.82. The molecule has 0 aromatic heterocycles. The molecule has 0 spiro atoms. The quantitative estimate of drug-likeness (QED) is 0.553. The molecule has 0 saturated heterocycles. The van der Waals surface area contributed by atoms with E-state index in [0.717, 1.165) is 19.6 Å². The van der Waals surface area contributed by atoms with Gasteiger partial charge in [0.2, 0.25) is 0 Å². The number of halogens is 2. The summed E-state index contributed by atoms with van der Waals surface area (Å²) in [7, 11) is 2.08. The first kappa shape index (κ1) is 12.2. The highest BCUT2D eigenvalue weighted by atomic mass is 127. The lowest BCUT2D eigenvalue weighted by Crippen LogP contribution is -2.11. The highest BCUT2D eigenvalue weighted by molar-refractivity contribution is 14.1. The summed E-state index contributed by atoms with van der Waals surface area (Å²) in [5.74, 6) is 0. The Bertz CT molecular complexity index is 652. The van der Waals surface area contributed by atoms with E-state index in [1.807, 2.05) is 18.2 Å².